The molecule has 42 heavy (non-hydrogen) atoms. The van der Waals surface area contributed by atoms with Gasteiger partial charge in [0.25, 0.3) is 0 Å². The smallest absolute Gasteiger partial charge is 0.201 e. The molecule has 4 rings (SSSR count). The van der Waals surface area contributed by atoms with Crippen molar-refractivity contribution in [2.24, 2.45) is 5.92 Å². The van der Waals surface area contributed by atoms with Crippen LogP contribution in [0.4, 0.5) is 17.6 Å². The summed E-state index contributed by atoms with van der Waals surface area (Å²) in [7, 11) is 0. The van der Waals surface area contributed by atoms with E-state index in [-0.39, 0.29) is 29.4 Å². The fourth-order valence-electron chi connectivity index (χ4n) is 6.18. The zero-order chi connectivity index (χ0) is 29.9. The molecule has 1 aliphatic rings. The largest absolute Gasteiger partial charge is 0.490 e. The van der Waals surface area contributed by atoms with Crippen LogP contribution in [0.15, 0.2) is 60.7 Å². The molecular weight excluding hydrogens is 536 g/mol. The highest BCUT2D eigenvalue weighted by Gasteiger charge is 2.26. The average molecular weight is 581 g/mol. The van der Waals surface area contributed by atoms with E-state index in [9.17, 15) is 8.78 Å². The molecule has 0 unspecified atom stereocenters. The Labute approximate surface area is 249 Å². The highest BCUT2D eigenvalue weighted by atomic mass is 19.2. The van der Waals surface area contributed by atoms with Gasteiger partial charge in [0.1, 0.15) is 0 Å². The fourth-order valence-corrected chi connectivity index (χ4v) is 6.18. The van der Waals surface area contributed by atoms with Crippen molar-refractivity contribution in [3.63, 3.8) is 0 Å². The number of hydrogen-bond donors (Lipinski definition) is 0. The fraction of sp³-hybridized carbons (Fsp3) is 0.459. The van der Waals surface area contributed by atoms with Gasteiger partial charge in [0.15, 0.2) is 23.2 Å². The van der Waals surface area contributed by atoms with Gasteiger partial charge < -0.3 is 4.74 Å². The van der Waals surface area contributed by atoms with Crippen LogP contribution >= 0.6 is 0 Å². The minimum Gasteiger partial charge on any atom is -0.490 e. The minimum absolute atomic E-state index is 0.0460. The van der Waals surface area contributed by atoms with Gasteiger partial charge in [0.2, 0.25) is 5.82 Å². The van der Waals surface area contributed by atoms with E-state index in [4.69, 9.17) is 4.74 Å². The number of allylic oxidation sites excluding steroid dienone is 1. The Kier molecular flexibility index (Phi) is 12.1. The van der Waals surface area contributed by atoms with E-state index in [0.717, 1.165) is 25.7 Å². The molecule has 1 nitrogen and oxygen atoms in total. The van der Waals surface area contributed by atoms with E-state index in [0.29, 0.717) is 29.0 Å². The molecule has 0 N–H and O–H groups in total. The molecule has 0 spiro atoms. The molecule has 0 atom stereocenters. The first-order valence-electron chi connectivity index (χ1n) is 15.7. The summed E-state index contributed by atoms with van der Waals surface area (Å²) in [6.07, 6.45) is 17.3. The third-order valence-electron chi connectivity index (χ3n) is 8.70. The van der Waals surface area contributed by atoms with Crippen LogP contribution < -0.4 is 4.74 Å². The van der Waals surface area contributed by atoms with Gasteiger partial charge in [0, 0.05) is 11.1 Å². The summed E-state index contributed by atoms with van der Waals surface area (Å²) in [4.78, 5) is 0. The van der Waals surface area contributed by atoms with Crippen molar-refractivity contribution < 1.29 is 22.3 Å². The summed E-state index contributed by atoms with van der Waals surface area (Å²) < 4.78 is 65.4. The maximum absolute atomic E-state index is 15.3. The topological polar surface area (TPSA) is 9.23 Å². The Morgan fingerprint density at radius 1 is 0.690 bits per heavy atom. The molecular formula is C37H44F4O. The van der Waals surface area contributed by atoms with Crippen LogP contribution in [0.1, 0.15) is 102 Å². The molecule has 5 heteroatoms. The monoisotopic (exact) mass is 580 g/mol. The van der Waals surface area contributed by atoms with Crippen molar-refractivity contribution in [2.75, 3.05) is 6.61 Å². The van der Waals surface area contributed by atoms with Crippen LogP contribution in [0, 0.1) is 29.2 Å². The second kappa shape index (κ2) is 16.0. The molecule has 0 aliphatic heterocycles. The maximum atomic E-state index is 15.3. The Morgan fingerprint density at radius 2 is 1.29 bits per heavy atom. The van der Waals surface area contributed by atoms with Gasteiger partial charge in [-0.3, -0.25) is 0 Å². The van der Waals surface area contributed by atoms with Gasteiger partial charge in [0.05, 0.1) is 6.61 Å². The van der Waals surface area contributed by atoms with E-state index < -0.39 is 23.3 Å². The minimum atomic E-state index is -1.04. The lowest BCUT2D eigenvalue weighted by Crippen LogP contribution is -2.15. The predicted octanol–water partition coefficient (Wildman–Crippen LogP) is 11.9. The highest BCUT2D eigenvalue weighted by molar-refractivity contribution is 5.72. The lowest BCUT2D eigenvalue weighted by molar-refractivity contribution is 0.297. The first-order valence-corrected chi connectivity index (χ1v) is 15.7. The first-order chi connectivity index (χ1) is 20.4. The molecule has 1 aliphatic carbocycles. The van der Waals surface area contributed by atoms with Crippen LogP contribution in [0.25, 0.3) is 22.3 Å². The van der Waals surface area contributed by atoms with Gasteiger partial charge in [-0.25, -0.2) is 13.2 Å². The molecule has 1 fully saturated rings. The molecule has 0 bridgehead atoms. The third-order valence-corrected chi connectivity index (χ3v) is 8.70. The number of halogens is 4. The number of ether oxygens (including phenoxy) is 1. The normalized spacial score (nSPS) is 17.2. The maximum Gasteiger partial charge on any atom is 0.201 e. The van der Waals surface area contributed by atoms with Crippen molar-refractivity contribution >= 4 is 0 Å². The number of rotatable bonds is 14. The number of hydrogen-bond acceptors (Lipinski definition) is 1. The molecule has 0 amide bonds. The third kappa shape index (κ3) is 8.05. The number of benzene rings is 3. The van der Waals surface area contributed by atoms with E-state index >= 15 is 8.78 Å². The zero-order valence-corrected chi connectivity index (χ0v) is 25.0. The predicted molar refractivity (Wildman–Crippen MR) is 165 cm³/mol. The van der Waals surface area contributed by atoms with Crippen molar-refractivity contribution in [1.29, 1.82) is 0 Å². The molecule has 0 radical (unpaired) electrons. The molecule has 0 heterocycles. The van der Waals surface area contributed by atoms with Crippen LogP contribution in [0.2, 0.25) is 0 Å². The molecule has 3 aromatic carbocycles. The van der Waals surface area contributed by atoms with Gasteiger partial charge in [-0.05, 0) is 79.7 Å². The molecule has 1 saturated carbocycles. The summed E-state index contributed by atoms with van der Waals surface area (Å²) in [5, 5.41) is 0. The van der Waals surface area contributed by atoms with Crippen LogP contribution in [0.5, 0.6) is 5.75 Å². The lowest BCUT2D eigenvalue weighted by Gasteiger charge is -2.29. The van der Waals surface area contributed by atoms with Crippen molar-refractivity contribution in [3.8, 4) is 28.0 Å². The Hall–Kier alpha value is -3.08. The molecule has 226 valence electrons. The molecule has 0 saturated heterocycles. The summed E-state index contributed by atoms with van der Waals surface area (Å²) in [5.41, 5.74) is 1.63. The van der Waals surface area contributed by atoms with E-state index in [1.54, 1.807) is 36.4 Å². The summed E-state index contributed by atoms with van der Waals surface area (Å²) in [6, 6.07) is 12.7. The van der Waals surface area contributed by atoms with Gasteiger partial charge in [-0.15, -0.1) is 0 Å². The standard InChI is InChI=1S/C37H44F4O/c1-3-5-7-8-9-10-12-26-13-15-27(16-14-26)30-21-22-31(35(39)34(30)38)28-17-19-29(20-18-28)32-23-24-33(37(41)36(32)40)42-25-11-6-4-2/h4,6,17-24,26-27H,3,5,7-16,25H2,1-2H3/b6-4-. The Bertz CT molecular complexity index is 1310. The molecule has 3 aromatic rings. The van der Waals surface area contributed by atoms with Crippen LogP contribution in [-0.2, 0) is 0 Å². The number of unbranched alkanes of at least 4 members (excludes halogenated alkanes) is 5. The Morgan fingerprint density at radius 3 is 1.93 bits per heavy atom. The quantitative estimate of drug-likeness (QED) is 0.105. The van der Waals surface area contributed by atoms with Crippen LogP contribution in [-0.4, -0.2) is 6.61 Å². The summed E-state index contributed by atoms with van der Waals surface area (Å²) in [6.45, 7) is 4.36. The van der Waals surface area contributed by atoms with E-state index in [1.807, 2.05) is 19.1 Å². The van der Waals surface area contributed by atoms with E-state index in [1.165, 1.54) is 57.1 Å². The lowest BCUT2D eigenvalue weighted by atomic mass is 9.76. The van der Waals surface area contributed by atoms with Gasteiger partial charge in [-0.1, -0.05) is 100 Å². The molecule has 0 aromatic heterocycles. The zero-order valence-electron chi connectivity index (χ0n) is 25.0. The van der Waals surface area contributed by atoms with E-state index in [2.05, 4.69) is 6.92 Å². The highest BCUT2D eigenvalue weighted by Crippen LogP contribution is 2.40. The van der Waals surface area contributed by atoms with Crippen molar-refractivity contribution in [1.82, 2.24) is 0 Å². The first kappa shape index (κ1) is 31.8. The second-order valence-electron chi connectivity index (χ2n) is 11.6. The SMILES string of the molecule is C/C=C\CCOc1ccc(-c2ccc(-c3ccc(C4CCC(CCCCCCCC)CC4)c(F)c3F)cc2)c(F)c1F. The Balaban J connectivity index is 1.38. The van der Waals surface area contributed by atoms with Gasteiger partial charge >= 0.3 is 0 Å². The summed E-state index contributed by atoms with van der Waals surface area (Å²) >= 11 is 0. The van der Waals surface area contributed by atoms with Crippen LogP contribution in [0.3, 0.4) is 0 Å². The van der Waals surface area contributed by atoms with Crippen molar-refractivity contribution in [3.05, 3.63) is 89.5 Å². The van der Waals surface area contributed by atoms with Gasteiger partial charge in [-0.2, -0.15) is 4.39 Å². The average Bonchev–Trinajstić information content (AvgIpc) is 3.01. The summed E-state index contributed by atoms with van der Waals surface area (Å²) in [5.74, 6) is -3.07. The second-order valence-corrected chi connectivity index (χ2v) is 11.6. The van der Waals surface area contributed by atoms with Crippen molar-refractivity contribution in [2.45, 2.75) is 96.8 Å².